The van der Waals surface area contributed by atoms with Crippen molar-refractivity contribution in [1.82, 2.24) is 14.5 Å². The molecule has 1 aromatic carbocycles. The number of likely N-dealkylation sites (tertiary alicyclic amines) is 1. The molecule has 2 heterocycles. The van der Waals surface area contributed by atoms with Crippen LogP contribution in [0.5, 0.6) is 0 Å². The molecule has 18 heavy (non-hydrogen) atoms. The van der Waals surface area contributed by atoms with E-state index in [0.29, 0.717) is 13.1 Å². The van der Waals surface area contributed by atoms with Gasteiger partial charge in [-0.2, -0.15) is 0 Å². The van der Waals surface area contributed by atoms with Gasteiger partial charge in [0, 0.05) is 19.1 Å². The maximum atomic E-state index is 12.0. The Morgan fingerprint density at radius 3 is 2.67 bits per heavy atom. The predicted octanol–water partition coefficient (Wildman–Crippen LogP) is 1.03. The first kappa shape index (κ1) is 11.1. The summed E-state index contributed by atoms with van der Waals surface area (Å²) in [5.41, 5.74) is 1.74. The van der Waals surface area contributed by atoms with Crippen LogP contribution in [-0.4, -0.2) is 34.0 Å². The van der Waals surface area contributed by atoms with Gasteiger partial charge in [-0.1, -0.05) is 12.1 Å². The number of amides is 1. The van der Waals surface area contributed by atoms with Gasteiger partial charge in [-0.05, 0) is 25.0 Å². The second-order valence-electron chi connectivity index (χ2n) is 4.63. The molecule has 0 unspecified atom stereocenters. The van der Waals surface area contributed by atoms with Crippen LogP contribution in [0.2, 0.25) is 0 Å². The first-order valence-corrected chi connectivity index (χ1v) is 6.11. The minimum Gasteiger partial charge on any atom is -0.334 e. The van der Waals surface area contributed by atoms with E-state index in [9.17, 15) is 9.59 Å². The molecule has 1 aliphatic rings. The summed E-state index contributed by atoms with van der Waals surface area (Å²) in [6.07, 6.45) is 3.51. The van der Waals surface area contributed by atoms with Gasteiger partial charge in [0.25, 0.3) is 0 Å². The van der Waals surface area contributed by atoms with Gasteiger partial charge < -0.3 is 9.88 Å². The van der Waals surface area contributed by atoms with Crippen molar-refractivity contribution in [2.45, 2.75) is 18.9 Å². The van der Waals surface area contributed by atoms with Crippen molar-refractivity contribution in [2.75, 3.05) is 13.1 Å². The number of imidazole rings is 1. The summed E-state index contributed by atoms with van der Waals surface area (Å²) < 4.78 is 1.82. The Hall–Kier alpha value is -2.04. The van der Waals surface area contributed by atoms with Crippen LogP contribution in [0.25, 0.3) is 11.0 Å². The average Bonchev–Trinajstić information content (AvgIpc) is 2.75. The number of fused-ring (bicyclic) bond motifs is 1. The Morgan fingerprint density at radius 1 is 1.22 bits per heavy atom. The Morgan fingerprint density at radius 2 is 1.94 bits per heavy atom. The van der Waals surface area contributed by atoms with Crippen molar-refractivity contribution < 1.29 is 4.79 Å². The fraction of sp³-hybridized carbons (Fsp3) is 0.385. The highest BCUT2D eigenvalue weighted by molar-refractivity contribution is 5.75. The first-order chi connectivity index (χ1) is 8.79. The lowest BCUT2D eigenvalue weighted by Gasteiger charge is -2.29. The van der Waals surface area contributed by atoms with Crippen LogP contribution in [0.4, 0.5) is 0 Å². The van der Waals surface area contributed by atoms with Crippen molar-refractivity contribution in [3.8, 4) is 0 Å². The highest BCUT2D eigenvalue weighted by Gasteiger charge is 2.22. The average molecular weight is 244 g/mol. The van der Waals surface area contributed by atoms with E-state index in [2.05, 4.69) is 4.98 Å². The van der Waals surface area contributed by atoms with Crippen molar-refractivity contribution in [1.29, 1.82) is 0 Å². The summed E-state index contributed by atoms with van der Waals surface area (Å²) in [4.78, 5) is 27.1. The van der Waals surface area contributed by atoms with Gasteiger partial charge in [-0.3, -0.25) is 9.36 Å². The minimum atomic E-state index is -0.0651. The molecule has 5 nitrogen and oxygen atoms in total. The molecule has 0 saturated carbocycles. The zero-order valence-electron chi connectivity index (χ0n) is 9.93. The fourth-order valence-corrected chi connectivity index (χ4v) is 2.65. The molecule has 1 saturated heterocycles. The Kier molecular flexibility index (Phi) is 2.66. The van der Waals surface area contributed by atoms with Gasteiger partial charge in [-0.25, -0.2) is 4.79 Å². The normalized spacial score (nSPS) is 17.2. The summed E-state index contributed by atoms with van der Waals surface area (Å²) in [5, 5.41) is 0. The van der Waals surface area contributed by atoms with Crippen molar-refractivity contribution in [3.63, 3.8) is 0 Å². The fourth-order valence-electron chi connectivity index (χ4n) is 2.65. The van der Waals surface area contributed by atoms with E-state index in [1.54, 1.807) is 4.90 Å². The molecule has 1 amide bonds. The molecule has 0 aliphatic carbocycles. The van der Waals surface area contributed by atoms with Crippen LogP contribution in [0.15, 0.2) is 29.1 Å². The van der Waals surface area contributed by atoms with Crippen molar-refractivity contribution in [2.24, 2.45) is 0 Å². The number of carbonyl (C=O) groups excluding carboxylic acids is 1. The maximum absolute atomic E-state index is 12.0. The Labute approximate surface area is 104 Å². The second kappa shape index (κ2) is 4.33. The lowest BCUT2D eigenvalue weighted by atomic mass is 10.1. The van der Waals surface area contributed by atoms with Gasteiger partial charge >= 0.3 is 12.1 Å². The summed E-state index contributed by atoms with van der Waals surface area (Å²) >= 11 is 0. The number of aromatic amines is 1. The summed E-state index contributed by atoms with van der Waals surface area (Å²) in [7, 11) is 0. The Balaban J connectivity index is 1.97. The third kappa shape index (κ3) is 1.72. The van der Waals surface area contributed by atoms with Crippen LogP contribution in [0.3, 0.4) is 0 Å². The Bertz CT molecular complexity index is 620. The number of nitrogens with zero attached hydrogens (tertiary/aromatic N) is 2. The number of rotatable bonds is 2. The van der Waals surface area contributed by atoms with E-state index >= 15 is 0 Å². The molecule has 1 aromatic heterocycles. The molecule has 93 valence electrons. The number of hydrogen-bond donors (Lipinski definition) is 1. The number of aromatic nitrogens is 2. The molecule has 0 bridgehead atoms. The van der Waals surface area contributed by atoms with Crippen molar-refractivity contribution in [3.05, 3.63) is 34.7 Å². The molecule has 0 spiro atoms. The second-order valence-corrected chi connectivity index (χ2v) is 4.63. The smallest absolute Gasteiger partial charge is 0.326 e. The van der Waals surface area contributed by atoms with Crippen LogP contribution in [-0.2, 0) is 4.79 Å². The van der Waals surface area contributed by atoms with Gasteiger partial charge in [0.2, 0.25) is 0 Å². The summed E-state index contributed by atoms with van der Waals surface area (Å²) in [5.74, 6) is 0. The lowest BCUT2D eigenvalue weighted by molar-refractivity contribution is 0.257. The van der Waals surface area contributed by atoms with Gasteiger partial charge in [0.1, 0.15) is 0 Å². The molecule has 2 aromatic rings. The van der Waals surface area contributed by atoms with E-state index in [1.807, 2.05) is 35.2 Å². The zero-order chi connectivity index (χ0) is 12.5. The van der Waals surface area contributed by atoms with Gasteiger partial charge in [0.15, 0.2) is 0 Å². The highest BCUT2D eigenvalue weighted by atomic mass is 16.1. The quantitative estimate of drug-likeness (QED) is 0.858. The SMILES string of the molecule is O=[C]N1CCC(n2c(=O)[nH]c3ccccc32)CC1. The first-order valence-electron chi connectivity index (χ1n) is 6.11. The number of piperidine rings is 1. The molecule has 1 aliphatic heterocycles. The monoisotopic (exact) mass is 244 g/mol. The van der Waals surface area contributed by atoms with Gasteiger partial charge in [0.05, 0.1) is 11.0 Å². The topological polar surface area (TPSA) is 58.1 Å². The van der Waals surface area contributed by atoms with Crippen molar-refractivity contribution >= 4 is 17.4 Å². The van der Waals surface area contributed by atoms with Crippen LogP contribution in [0.1, 0.15) is 18.9 Å². The molecule has 1 radical (unpaired) electrons. The molecule has 5 heteroatoms. The third-order valence-corrected chi connectivity index (χ3v) is 3.58. The predicted molar refractivity (Wildman–Crippen MR) is 68.1 cm³/mol. The largest absolute Gasteiger partial charge is 0.334 e. The molecular formula is C13H14N3O2. The van der Waals surface area contributed by atoms with Crippen LogP contribution >= 0.6 is 0 Å². The number of H-pyrrole nitrogens is 1. The maximum Gasteiger partial charge on any atom is 0.326 e. The minimum absolute atomic E-state index is 0.0651. The summed E-state index contributed by atoms with van der Waals surface area (Å²) in [6.45, 7) is 1.33. The number of hydrogen-bond acceptors (Lipinski definition) is 2. The van der Waals surface area contributed by atoms with E-state index in [1.165, 1.54) is 0 Å². The molecule has 1 N–H and O–H groups in total. The molecule has 1 fully saturated rings. The van der Waals surface area contributed by atoms with E-state index in [4.69, 9.17) is 0 Å². The lowest BCUT2D eigenvalue weighted by Crippen LogP contribution is -2.36. The zero-order valence-corrected chi connectivity index (χ0v) is 9.93. The van der Waals surface area contributed by atoms with E-state index < -0.39 is 0 Å². The van der Waals surface area contributed by atoms with E-state index in [0.717, 1.165) is 23.9 Å². The number of nitrogens with one attached hydrogen (secondary N) is 1. The molecule has 3 rings (SSSR count). The number of benzene rings is 1. The standard InChI is InChI=1S/C13H14N3O2/c17-9-15-7-5-10(6-8-15)16-12-4-2-1-3-11(12)14-13(16)18/h1-4,10H,5-8H2,(H,14,18). The van der Waals surface area contributed by atoms with Crippen LogP contribution < -0.4 is 5.69 Å². The highest BCUT2D eigenvalue weighted by Crippen LogP contribution is 2.23. The molecule has 0 atom stereocenters. The van der Waals surface area contributed by atoms with Gasteiger partial charge in [-0.15, -0.1) is 0 Å². The van der Waals surface area contributed by atoms with E-state index in [-0.39, 0.29) is 11.7 Å². The summed E-state index contributed by atoms with van der Waals surface area (Å²) in [6, 6.07) is 7.86. The molecular weight excluding hydrogens is 230 g/mol. The van der Waals surface area contributed by atoms with Crippen LogP contribution in [0, 0.1) is 0 Å². The number of para-hydroxylation sites is 2. The third-order valence-electron chi connectivity index (χ3n) is 3.58.